The Morgan fingerprint density at radius 1 is 1.06 bits per heavy atom. The molecule has 17 heavy (non-hydrogen) atoms. The van der Waals surface area contributed by atoms with E-state index in [2.05, 4.69) is 10.1 Å². The van der Waals surface area contributed by atoms with Gasteiger partial charge in [0, 0.05) is 5.56 Å². The molecule has 1 aromatic heterocycles. The van der Waals surface area contributed by atoms with Gasteiger partial charge >= 0.3 is 0 Å². The fourth-order valence-electron chi connectivity index (χ4n) is 1.76. The lowest BCUT2D eigenvalue weighted by molar-refractivity contribution is 0.264. The minimum atomic E-state index is -0.211. The summed E-state index contributed by atoms with van der Waals surface area (Å²) >= 11 is 0. The number of aromatic nitrogens is 2. The van der Waals surface area contributed by atoms with Crippen molar-refractivity contribution in [3.05, 3.63) is 48.3 Å². The topological polar surface area (TPSA) is 59.2 Å². The standard InChI is InChI=1S/C13H10N2O2/c16-8-12-14-13(17-15-12)11-6-5-9-3-1-2-4-10(9)7-11/h1-7,16H,8H2. The number of fused-ring (bicyclic) bond motifs is 1. The summed E-state index contributed by atoms with van der Waals surface area (Å²) in [7, 11) is 0. The van der Waals surface area contributed by atoms with Gasteiger partial charge in [-0.3, -0.25) is 0 Å². The Balaban J connectivity index is 2.11. The fourth-order valence-corrected chi connectivity index (χ4v) is 1.76. The van der Waals surface area contributed by atoms with Crippen LogP contribution in [0.4, 0.5) is 0 Å². The Bertz CT molecular complexity index is 661. The van der Waals surface area contributed by atoms with Crippen molar-refractivity contribution >= 4 is 10.8 Å². The van der Waals surface area contributed by atoms with Gasteiger partial charge in [-0.2, -0.15) is 4.98 Å². The van der Waals surface area contributed by atoms with E-state index in [1.165, 1.54) is 0 Å². The zero-order valence-corrected chi connectivity index (χ0v) is 9.00. The van der Waals surface area contributed by atoms with Gasteiger partial charge in [0.25, 0.3) is 5.89 Å². The van der Waals surface area contributed by atoms with Gasteiger partial charge in [-0.1, -0.05) is 35.5 Å². The predicted octanol–water partition coefficient (Wildman–Crippen LogP) is 2.38. The minimum absolute atomic E-state index is 0.211. The van der Waals surface area contributed by atoms with E-state index in [1.807, 2.05) is 42.5 Å². The zero-order chi connectivity index (χ0) is 11.7. The minimum Gasteiger partial charge on any atom is -0.388 e. The lowest BCUT2D eigenvalue weighted by atomic mass is 10.1. The van der Waals surface area contributed by atoms with Crippen LogP contribution in [0.3, 0.4) is 0 Å². The number of nitrogens with zero attached hydrogens (tertiary/aromatic N) is 2. The highest BCUT2D eigenvalue weighted by Gasteiger charge is 2.08. The highest BCUT2D eigenvalue weighted by atomic mass is 16.5. The molecular weight excluding hydrogens is 216 g/mol. The van der Waals surface area contributed by atoms with Crippen LogP contribution in [0.15, 0.2) is 47.0 Å². The van der Waals surface area contributed by atoms with Crippen LogP contribution in [0.2, 0.25) is 0 Å². The van der Waals surface area contributed by atoms with Crippen molar-refractivity contribution in [2.75, 3.05) is 0 Å². The SMILES string of the molecule is OCc1noc(-c2ccc3ccccc3c2)n1. The van der Waals surface area contributed by atoms with Gasteiger partial charge in [0.15, 0.2) is 5.82 Å². The zero-order valence-electron chi connectivity index (χ0n) is 9.00. The molecule has 0 aliphatic rings. The van der Waals surface area contributed by atoms with Crippen molar-refractivity contribution < 1.29 is 9.63 Å². The molecule has 0 saturated heterocycles. The van der Waals surface area contributed by atoms with Crippen LogP contribution in [-0.2, 0) is 6.61 Å². The molecule has 0 atom stereocenters. The van der Waals surface area contributed by atoms with Crippen LogP contribution >= 0.6 is 0 Å². The maximum atomic E-state index is 8.88. The molecule has 0 spiro atoms. The number of benzene rings is 2. The number of aliphatic hydroxyl groups is 1. The molecule has 1 heterocycles. The largest absolute Gasteiger partial charge is 0.388 e. The third-order valence-electron chi connectivity index (χ3n) is 2.61. The summed E-state index contributed by atoms with van der Waals surface area (Å²) in [4.78, 5) is 4.08. The third kappa shape index (κ3) is 1.79. The summed E-state index contributed by atoms with van der Waals surface area (Å²) in [6.45, 7) is -0.211. The summed E-state index contributed by atoms with van der Waals surface area (Å²) in [5.74, 6) is 0.730. The van der Waals surface area contributed by atoms with Gasteiger partial charge in [-0.05, 0) is 22.9 Å². The number of aliphatic hydroxyl groups excluding tert-OH is 1. The van der Waals surface area contributed by atoms with Crippen molar-refractivity contribution in [1.82, 2.24) is 10.1 Å². The number of hydrogen-bond donors (Lipinski definition) is 1. The van der Waals surface area contributed by atoms with Crippen LogP contribution in [-0.4, -0.2) is 15.2 Å². The maximum absolute atomic E-state index is 8.88. The van der Waals surface area contributed by atoms with Crippen molar-refractivity contribution in [2.24, 2.45) is 0 Å². The van der Waals surface area contributed by atoms with Gasteiger partial charge in [0.2, 0.25) is 0 Å². The quantitative estimate of drug-likeness (QED) is 0.728. The van der Waals surface area contributed by atoms with Crippen molar-refractivity contribution in [3.63, 3.8) is 0 Å². The van der Waals surface area contributed by atoms with Gasteiger partial charge in [-0.15, -0.1) is 0 Å². The molecule has 0 bridgehead atoms. The molecule has 0 amide bonds. The highest BCUT2D eigenvalue weighted by Crippen LogP contribution is 2.22. The van der Waals surface area contributed by atoms with Crippen LogP contribution in [0.1, 0.15) is 5.82 Å². The molecule has 3 aromatic rings. The summed E-state index contributed by atoms with van der Waals surface area (Å²) in [6, 6.07) is 14.0. The Kier molecular flexibility index (Phi) is 2.34. The number of hydrogen-bond acceptors (Lipinski definition) is 4. The van der Waals surface area contributed by atoms with Crippen molar-refractivity contribution in [3.8, 4) is 11.5 Å². The van der Waals surface area contributed by atoms with E-state index in [9.17, 15) is 0 Å². The van der Waals surface area contributed by atoms with Crippen LogP contribution in [0, 0.1) is 0 Å². The summed E-state index contributed by atoms with van der Waals surface area (Å²) in [6.07, 6.45) is 0. The van der Waals surface area contributed by atoms with E-state index in [0.29, 0.717) is 11.7 Å². The van der Waals surface area contributed by atoms with Gasteiger partial charge in [0.1, 0.15) is 6.61 Å². The maximum Gasteiger partial charge on any atom is 0.258 e. The first-order valence-electron chi connectivity index (χ1n) is 5.29. The van der Waals surface area contributed by atoms with E-state index in [-0.39, 0.29) is 6.61 Å². The molecule has 0 fully saturated rings. The van der Waals surface area contributed by atoms with Crippen molar-refractivity contribution in [1.29, 1.82) is 0 Å². The normalized spacial score (nSPS) is 10.9. The highest BCUT2D eigenvalue weighted by molar-refractivity contribution is 5.86. The van der Waals surface area contributed by atoms with E-state index in [1.54, 1.807) is 0 Å². The predicted molar refractivity (Wildman–Crippen MR) is 63.2 cm³/mol. The second-order valence-electron chi connectivity index (χ2n) is 3.74. The molecule has 0 aliphatic carbocycles. The third-order valence-corrected chi connectivity index (χ3v) is 2.61. The molecule has 0 saturated carbocycles. The Hall–Kier alpha value is -2.20. The van der Waals surface area contributed by atoms with E-state index >= 15 is 0 Å². The second-order valence-corrected chi connectivity index (χ2v) is 3.74. The molecule has 4 nitrogen and oxygen atoms in total. The summed E-state index contributed by atoms with van der Waals surface area (Å²) in [5.41, 5.74) is 0.857. The average molecular weight is 226 g/mol. The first kappa shape index (κ1) is 9.99. The molecule has 2 aromatic carbocycles. The van der Waals surface area contributed by atoms with Gasteiger partial charge in [0.05, 0.1) is 0 Å². The van der Waals surface area contributed by atoms with E-state index in [4.69, 9.17) is 9.63 Å². The molecule has 3 rings (SSSR count). The first-order valence-corrected chi connectivity index (χ1v) is 5.29. The molecule has 0 unspecified atom stereocenters. The molecule has 0 radical (unpaired) electrons. The van der Waals surface area contributed by atoms with Crippen LogP contribution < -0.4 is 0 Å². The Morgan fingerprint density at radius 2 is 1.88 bits per heavy atom. The molecule has 1 N–H and O–H groups in total. The monoisotopic (exact) mass is 226 g/mol. The Labute approximate surface area is 97.5 Å². The van der Waals surface area contributed by atoms with Gasteiger partial charge < -0.3 is 9.63 Å². The molecular formula is C13H10N2O2. The lowest BCUT2D eigenvalue weighted by Crippen LogP contribution is -1.85. The second kappa shape index (κ2) is 3.99. The average Bonchev–Trinajstić information content (AvgIpc) is 2.87. The van der Waals surface area contributed by atoms with Crippen LogP contribution in [0.25, 0.3) is 22.2 Å². The van der Waals surface area contributed by atoms with Crippen LogP contribution in [0.5, 0.6) is 0 Å². The smallest absolute Gasteiger partial charge is 0.258 e. The summed E-state index contributed by atoms with van der Waals surface area (Å²) < 4.78 is 5.07. The van der Waals surface area contributed by atoms with Gasteiger partial charge in [-0.25, -0.2) is 0 Å². The summed E-state index contributed by atoms with van der Waals surface area (Å²) in [5, 5.41) is 14.8. The van der Waals surface area contributed by atoms with Crippen molar-refractivity contribution in [2.45, 2.75) is 6.61 Å². The molecule has 0 aliphatic heterocycles. The lowest BCUT2D eigenvalue weighted by Gasteiger charge is -1.98. The first-order chi connectivity index (χ1) is 8.36. The molecule has 84 valence electrons. The fraction of sp³-hybridized carbons (Fsp3) is 0.0769. The van der Waals surface area contributed by atoms with E-state index in [0.717, 1.165) is 16.3 Å². The Morgan fingerprint density at radius 3 is 2.65 bits per heavy atom. The van der Waals surface area contributed by atoms with E-state index < -0.39 is 0 Å². The molecule has 4 heteroatoms. The number of rotatable bonds is 2.